The highest BCUT2D eigenvalue weighted by atomic mass is 16.5. The maximum Gasteiger partial charge on any atom is 0.322 e. The van der Waals surface area contributed by atoms with Gasteiger partial charge in [0.05, 0.1) is 7.11 Å². The van der Waals surface area contributed by atoms with Crippen LogP contribution in [0.2, 0.25) is 0 Å². The van der Waals surface area contributed by atoms with Crippen LogP contribution in [0.3, 0.4) is 0 Å². The predicted molar refractivity (Wildman–Crippen MR) is 46.5 cm³/mol. The number of carbonyl (C=O) groups is 1. The van der Waals surface area contributed by atoms with Gasteiger partial charge in [-0.25, -0.2) is 0 Å². The van der Waals surface area contributed by atoms with E-state index in [2.05, 4.69) is 15.8 Å². The van der Waals surface area contributed by atoms with Crippen molar-refractivity contribution in [3.63, 3.8) is 0 Å². The molecule has 1 fully saturated rings. The van der Waals surface area contributed by atoms with E-state index in [4.69, 9.17) is 5.73 Å². The Balaban J connectivity index is 0.000000561. The SMILES string of the molecule is CN.COC(=O)C1CC(N)CN1. The molecule has 0 saturated carbocycles. The van der Waals surface area contributed by atoms with Gasteiger partial charge in [-0.3, -0.25) is 4.79 Å². The van der Waals surface area contributed by atoms with Gasteiger partial charge in [-0.15, -0.1) is 0 Å². The van der Waals surface area contributed by atoms with Gasteiger partial charge < -0.3 is 21.5 Å². The zero-order valence-corrected chi connectivity index (χ0v) is 7.54. The average molecular weight is 175 g/mol. The van der Waals surface area contributed by atoms with Gasteiger partial charge in [0.15, 0.2) is 0 Å². The molecule has 0 aromatic carbocycles. The highest BCUT2D eigenvalue weighted by molar-refractivity contribution is 5.76. The summed E-state index contributed by atoms with van der Waals surface area (Å²) in [6.45, 7) is 0.708. The van der Waals surface area contributed by atoms with Crippen LogP contribution in [-0.4, -0.2) is 38.8 Å². The summed E-state index contributed by atoms with van der Waals surface area (Å²) in [5.41, 5.74) is 10.0. The normalized spacial score (nSPS) is 27.3. The van der Waals surface area contributed by atoms with Crippen molar-refractivity contribution in [1.82, 2.24) is 5.32 Å². The van der Waals surface area contributed by atoms with Crippen molar-refractivity contribution in [3.8, 4) is 0 Å². The summed E-state index contributed by atoms with van der Waals surface area (Å²) in [4.78, 5) is 10.8. The van der Waals surface area contributed by atoms with E-state index < -0.39 is 0 Å². The van der Waals surface area contributed by atoms with Gasteiger partial charge in [-0.1, -0.05) is 0 Å². The van der Waals surface area contributed by atoms with Crippen molar-refractivity contribution in [1.29, 1.82) is 0 Å². The molecule has 2 unspecified atom stereocenters. The van der Waals surface area contributed by atoms with Crippen molar-refractivity contribution in [2.24, 2.45) is 11.5 Å². The van der Waals surface area contributed by atoms with Crippen LogP contribution in [0.4, 0.5) is 0 Å². The summed E-state index contributed by atoms with van der Waals surface area (Å²) in [5.74, 6) is -0.215. The summed E-state index contributed by atoms with van der Waals surface area (Å²) in [6, 6.07) is -0.0795. The molecule has 5 heteroatoms. The lowest BCUT2D eigenvalue weighted by molar-refractivity contribution is -0.142. The third kappa shape index (κ3) is 3.17. The van der Waals surface area contributed by atoms with E-state index in [1.807, 2.05) is 0 Å². The predicted octanol–water partition coefficient (Wildman–Crippen LogP) is -1.58. The first kappa shape index (κ1) is 11.4. The molecule has 0 aromatic rings. The van der Waals surface area contributed by atoms with E-state index in [0.29, 0.717) is 13.0 Å². The molecule has 72 valence electrons. The summed E-state index contributed by atoms with van der Waals surface area (Å²) in [7, 11) is 2.88. The number of ether oxygens (including phenoxy) is 1. The number of carbonyl (C=O) groups excluding carboxylic acids is 1. The van der Waals surface area contributed by atoms with E-state index in [9.17, 15) is 4.79 Å². The maximum atomic E-state index is 10.8. The molecule has 5 N–H and O–H groups in total. The van der Waals surface area contributed by atoms with Gasteiger partial charge in [0.2, 0.25) is 0 Å². The minimum absolute atomic E-state index is 0.101. The number of rotatable bonds is 1. The van der Waals surface area contributed by atoms with Crippen molar-refractivity contribution in [3.05, 3.63) is 0 Å². The third-order valence-corrected chi connectivity index (χ3v) is 1.65. The summed E-state index contributed by atoms with van der Waals surface area (Å²) in [5, 5.41) is 2.96. The smallest absolute Gasteiger partial charge is 0.322 e. The van der Waals surface area contributed by atoms with E-state index in [1.54, 1.807) is 0 Å². The molecule has 0 aromatic heterocycles. The van der Waals surface area contributed by atoms with Crippen molar-refractivity contribution in [2.75, 3.05) is 20.7 Å². The minimum atomic E-state index is -0.215. The maximum absolute atomic E-state index is 10.8. The molecule has 1 heterocycles. The molecule has 0 radical (unpaired) electrons. The van der Waals surface area contributed by atoms with Crippen LogP contribution in [-0.2, 0) is 9.53 Å². The number of esters is 1. The summed E-state index contributed by atoms with van der Waals surface area (Å²) in [6.07, 6.45) is 0.687. The van der Waals surface area contributed by atoms with E-state index >= 15 is 0 Å². The largest absolute Gasteiger partial charge is 0.468 e. The fourth-order valence-electron chi connectivity index (χ4n) is 1.08. The van der Waals surface area contributed by atoms with Crippen LogP contribution in [0.25, 0.3) is 0 Å². The average Bonchev–Trinajstić information content (AvgIpc) is 2.54. The second-order valence-electron chi connectivity index (χ2n) is 2.48. The Kier molecular flexibility index (Phi) is 5.61. The molecule has 0 spiro atoms. The van der Waals surface area contributed by atoms with Crippen LogP contribution in [0.5, 0.6) is 0 Å². The molecular weight excluding hydrogens is 158 g/mol. The number of nitrogens with two attached hydrogens (primary N) is 2. The molecule has 1 aliphatic rings. The number of methoxy groups -OCH3 is 1. The van der Waals surface area contributed by atoms with E-state index in [1.165, 1.54) is 14.2 Å². The fraction of sp³-hybridized carbons (Fsp3) is 0.857. The minimum Gasteiger partial charge on any atom is -0.468 e. The first-order valence-corrected chi connectivity index (χ1v) is 3.88. The number of hydrogen-bond donors (Lipinski definition) is 3. The highest BCUT2D eigenvalue weighted by Gasteiger charge is 2.27. The standard InChI is InChI=1S/C6H12N2O2.CH5N/c1-10-6(9)5-2-4(7)3-8-5;1-2/h4-5,8H,2-3,7H2,1H3;2H2,1H3. The number of hydrogen-bond acceptors (Lipinski definition) is 5. The molecule has 12 heavy (non-hydrogen) atoms. The van der Waals surface area contributed by atoms with Crippen LogP contribution in [0.1, 0.15) is 6.42 Å². The first-order valence-electron chi connectivity index (χ1n) is 3.88. The van der Waals surface area contributed by atoms with Crippen molar-refractivity contribution >= 4 is 5.97 Å². The zero-order valence-electron chi connectivity index (χ0n) is 7.54. The van der Waals surface area contributed by atoms with Crippen molar-refractivity contribution < 1.29 is 9.53 Å². The first-order chi connectivity index (χ1) is 5.74. The molecule has 1 rings (SSSR count). The molecule has 0 bridgehead atoms. The Morgan fingerprint density at radius 2 is 2.17 bits per heavy atom. The van der Waals surface area contributed by atoms with Crippen LogP contribution < -0.4 is 16.8 Å². The molecule has 0 aliphatic carbocycles. The molecular formula is C7H17N3O2. The lowest BCUT2D eigenvalue weighted by Crippen LogP contribution is -2.31. The van der Waals surface area contributed by atoms with Gasteiger partial charge in [0, 0.05) is 12.6 Å². The van der Waals surface area contributed by atoms with Gasteiger partial charge >= 0.3 is 5.97 Å². The van der Waals surface area contributed by atoms with E-state index in [0.717, 1.165) is 0 Å². The Labute approximate surface area is 72.4 Å². The highest BCUT2D eigenvalue weighted by Crippen LogP contribution is 2.04. The zero-order chi connectivity index (χ0) is 9.56. The Hall–Kier alpha value is -0.650. The lowest BCUT2D eigenvalue weighted by Gasteiger charge is -2.05. The Bertz CT molecular complexity index is 141. The topological polar surface area (TPSA) is 90.4 Å². The Morgan fingerprint density at radius 1 is 1.58 bits per heavy atom. The molecule has 5 nitrogen and oxygen atoms in total. The van der Waals surface area contributed by atoms with Gasteiger partial charge in [-0.05, 0) is 13.5 Å². The molecule has 0 amide bonds. The van der Waals surface area contributed by atoms with Crippen LogP contribution in [0, 0.1) is 0 Å². The number of nitrogens with one attached hydrogen (secondary N) is 1. The van der Waals surface area contributed by atoms with Crippen LogP contribution in [0.15, 0.2) is 0 Å². The molecule has 2 atom stereocenters. The van der Waals surface area contributed by atoms with E-state index in [-0.39, 0.29) is 18.1 Å². The van der Waals surface area contributed by atoms with Gasteiger partial charge in [0.1, 0.15) is 6.04 Å². The second kappa shape index (κ2) is 5.93. The molecule has 1 aliphatic heterocycles. The van der Waals surface area contributed by atoms with Crippen LogP contribution >= 0.6 is 0 Å². The van der Waals surface area contributed by atoms with Gasteiger partial charge in [0.25, 0.3) is 0 Å². The fourth-order valence-corrected chi connectivity index (χ4v) is 1.08. The summed E-state index contributed by atoms with van der Waals surface area (Å²) >= 11 is 0. The lowest BCUT2D eigenvalue weighted by atomic mass is 10.2. The quantitative estimate of drug-likeness (QED) is 0.419. The third-order valence-electron chi connectivity index (χ3n) is 1.65. The molecule has 1 saturated heterocycles. The summed E-state index contributed by atoms with van der Waals surface area (Å²) < 4.78 is 4.53. The van der Waals surface area contributed by atoms with Crippen molar-refractivity contribution in [2.45, 2.75) is 18.5 Å². The second-order valence-corrected chi connectivity index (χ2v) is 2.48. The Morgan fingerprint density at radius 3 is 2.50 bits per heavy atom. The monoisotopic (exact) mass is 175 g/mol. The van der Waals surface area contributed by atoms with Gasteiger partial charge in [-0.2, -0.15) is 0 Å².